The van der Waals surface area contributed by atoms with E-state index in [0.717, 1.165) is 12.8 Å². The van der Waals surface area contributed by atoms with E-state index >= 15 is 0 Å². The Morgan fingerprint density at radius 1 is 1.14 bits per heavy atom. The number of ether oxygens (including phenoxy) is 1. The van der Waals surface area contributed by atoms with Crippen molar-refractivity contribution in [3.63, 3.8) is 0 Å². The predicted octanol–water partition coefficient (Wildman–Crippen LogP) is 2.26. The normalized spacial score (nSPS) is 29.1. The van der Waals surface area contributed by atoms with Gasteiger partial charge in [0.15, 0.2) is 0 Å². The molecule has 0 bridgehead atoms. The van der Waals surface area contributed by atoms with Gasteiger partial charge in [-0.1, -0.05) is 12.8 Å². The largest absolute Gasteiger partial charge is 0.380 e. The van der Waals surface area contributed by atoms with Crippen molar-refractivity contribution in [2.75, 3.05) is 7.11 Å². The van der Waals surface area contributed by atoms with Crippen LogP contribution in [0.4, 0.5) is 0 Å². The molecule has 0 aromatic rings. The van der Waals surface area contributed by atoms with E-state index in [-0.39, 0.29) is 5.60 Å². The minimum absolute atomic E-state index is 0.129. The summed E-state index contributed by atoms with van der Waals surface area (Å²) in [7, 11) is 1.78. The van der Waals surface area contributed by atoms with E-state index in [1.54, 1.807) is 7.11 Å². The molecule has 84 valence electrons. The minimum Gasteiger partial charge on any atom is -0.380 e. The Bertz CT molecular complexity index is 165. The zero-order valence-electron chi connectivity index (χ0n) is 9.80. The maximum Gasteiger partial charge on any atom is 0.0813 e. The summed E-state index contributed by atoms with van der Waals surface area (Å²) in [4.78, 5) is 5.57. The van der Waals surface area contributed by atoms with Crippen molar-refractivity contribution in [1.82, 2.24) is 5.48 Å². The lowest BCUT2D eigenvalue weighted by molar-refractivity contribution is -0.116. The van der Waals surface area contributed by atoms with Crippen LogP contribution in [-0.4, -0.2) is 24.9 Å². The number of methoxy groups -OCH3 is 1. The third-order valence-electron chi connectivity index (χ3n) is 2.52. The van der Waals surface area contributed by atoms with Crippen LogP contribution in [0.3, 0.4) is 0 Å². The van der Waals surface area contributed by atoms with Crippen LogP contribution >= 0.6 is 0 Å². The van der Waals surface area contributed by atoms with Gasteiger partial charge in [-0.15, -0.1) is 0 Å². The molecule has 2 atom stereocenters. The maximum atomic E-state index is 5.57. The van der Waals surface area contributed by atoms with Crippen LogP contribution in [-0.2, 0) is 9.57 Å². The van der Waals surface area contributed by atoms with E-state index < -0.39 is 0 Å². The summed E-state index contributed by atoms with van der Waals surface area (Å²) in [6.07, 6.45) is 5.14. The van der Waals surface area contributed by atoms with Crippen molar-refractivity contribution in [2.24, 2.45) is 0 Å². The molecule has 1 fully saturated rings. The molecular formula is C11H23NO2. The molecule has 1 rings (SSSR count). The molecule has 0 heterocycles. The standard InChI is InChI=1S/C11H23NO2/c1-11(2,3)14-12-9-7-5-6-8-10(9)13-4/h9-10,12H,5-8H2,1-4H3. The average molecular weight is 201 g/mol. The highest BCUT2D eigenvalue weighted by Crippen LogP contribution is 2.21. The first kappa shape index (κ1) is 12.0. The smallest absolute Gasteiger partial charge is 0.0813 e. The van der Waals surface area contributed by atoms with Crippen LogP contribution in [0.1, 0.15) is 46.5 Å². The first-order chi connectivity index (χ1) is 6.53. The lowest BCUT2D eigenvalue weighted by Crippen LogP contribution is -2.46. The summed E-state index contributed by atoms with van der Waals surface area (Å²) in [6.45, 7) is 6.14. The molecule has 1 N–H and O–H groups in total. The Hall–Kier alpha value is -0.120. The number of rotatable bonds is 3. The van der Waals surface area contributed by atoms with Crippen molar-refractivity contribution < 1.29 is 9.57 Å². The van der Waals surface area contributed by atoms with Crippen molar-refractivity contribution >= 4 is 0 Å². The first-order valence-corrected chi connectivity index (χ1v) is 5.49. The van der Waals surface area contributed by atoms with Crippen molar-refractivity contribution in [3.05, 3.63) is 0 Å². The lowest BCUT2D eigenvalue weighted by atomic mass is 9.93. The summed E-state index contributed by atoms with van der Waals surface area (Å²) in [5, 5.41) is 0. The summed E-state index contributed by atoms with van der Waals surface area (Å²) in [5.74, 6) is 0. The Labute approximate surface area is 87.1 Å². The molecule has 1 aliphatic rings. The molecule has 3 heteroatoms. The molecule has 0 amide bonds. The van der Waals surface area contributed by atoms with E-state index in [1.807, 2.05) is 20.8 Å². The van der Waals surface area contributed by atoms with Crippen molar-refractivity contribution in [3.8, 4) is 0 Å². The van der Waals surface area contributed by atoms with Gasteiger partial charge in [0.2, 0.25) is 0 Å². The van der Waals surface area contributed by atoms with E-state index in [1.165, 1.54) is 12.8 Å². The molecule has 14 heavy (non-hydrogen) atoms. The quantitative estimate of drug-likeness (QED) is 0.710. The Morgan fingerprint density at radius 2 is 1.79 bits per heavy atom. The number of hydrogen-bond donors (Lipinski definition) is 1. The Balaban J connectivity index is 2.33. The fourth-order valence-electron chi connectivity index (χ4n) is 1.77. The van der Waals surface area contributed by atoms with Gasteiger partial charge in [0, 0.05) is 7.11 Å². The minimum atomic E-state index is -0.129. The molecule has 0 saturated heterocycles. The van der Waals surface area contributed by atoms with Gasteiger partial charge in [-0.05, 0) is 33.6 Å². The van der Waals surface area contributed by atoms with E-state index in [9.17, 15) is 0 Å². The number of hydroxylamine groups is 1. The average Bonchev–Trinajstić information content (AvgIpc) is 2.14. The fourth-order valence-corrected chi connectivity index (χ4v) is 1.77. The lowest BCUT2D eigenvalue weighted by Gasteiger charge is -2.33. The van der Waals surface area contributed by atoms with Gasteiger partial charge in [-0.25, -0.2) is 0 Å². The Kier molecular flexibility index (Phi) is 4.35. The molecular weight excluding hydrogens is 178 g/mol. The zero-order chi connectivity index (χ0) is 10.6. The SMILES string of the molecule is COC1CCCCC1NOC(C)(C)C. The van der Waals surface area contributed by atoms with Crippen LogP contribution < -0.4 is 5.48 Å². The Morgan fingerprint density at radius 3 is 2.36 bits per heavy atom. The second-order valence-electron chi connectivity index (χ2n) is 5.00. The fraction of sp³-hybridized carbons (Fsp3) is 1.00. The topological polar surface area (TPSA) is 30.5 Å². The van der Waals surface area contributed by atoms with Crippen molar-refractivity contribution in [2.45, 2.75) is 64.2 Å². The van der Waals surface area contributed by atoms with Crippen LogP contribution in [0.5, 0.6) is 0 Å². The molecule has 0 aromatic heterocycles. The molecule has 3 nitrogen and oxygen atoms in total. The summed E-state index contributed by atoms with van der Waals surface area (Å²) in [5.41, 5.74) is 3.01. The van der Waals surface area contributed by atoms with E-state index in [0.29, 0.717) is 12.1 Å². The van der Waals surface area contributed by atoms with Gasteiger partial charge >= 0.3 is 0 Å². The van der Waals surface area contributed by atoms with Crippen LogP contribution in [0.25, 0.3) is 0 Å². The van der Waals surface area contributed by atoms with Gasteiger partial charge < -0.3 is 4.74 Å². The molecule has 0 spiro atoms. The summed E-state index contributed by atoms with van der Waals surface area (Å²) >= 11 is 0. The summed E-state index contributed by atoms with van der Waals surface area (Å²) in [6, 6.07) is 0.355. The maximum absolute atomic E-state index is 5.57. The van der Waals surface area contributed by atoms with Crippen LogP contribution in [0.2, 0.25) is 0 Å². The molecule has 2 unspecified atom stereocenters. The van der Waals surface area contributed by atoms with Crippen molar-refractivity contribution in [1.29, 1.82) is 0 Å². The highest BCUT2D eigenvalue weighted by Gasteiger charge is 2.26. The zero-order valence-corrected chi connectivity index (χ0v) is 9.80. The highest BCUT2D eigenvalue weighted by atomic mass is 16.7. The number of hydrogen-bond acceptors (Lipinski definition) is 3. The monoisotopic (exact) mass is 201 g/mol. The first-order valence-electron chi connectivity index (χ1n) is 5.49. The van der Waals surface area contributed by atoms with Gasteiger partial charge in [0.1, 0.15) is 0 Å². The van der Waals surface area contributed by atoms with Gasteiger partial charge in [-0.3, -0.25) is 4.84 Å². The summed E-state index contributed by atoms with van der Waals surface area (Å²) < 4.78 is 5.43. The third kappa shape index (κ3) is 3.95. The second kappa shape index (κ2) is 5.10. The van der Waals surface area contributed by atoms with Crippen LogP contribution in [0, 0.1) is 0 Å². The van der Waals surface area contributed by atoms with Gasteiger partial charge in [0.05, 0.1) is 17.7 Å². The molecule has 0 radical (unpaired) electrons. The highest BCUT2D eigenvalue weighted by molar-refractivity contribution is 4.79. The second-order valence-corrected chi connectivity index (χ2v) is 5.00. The molecule has 1 aliphatic carbocycles. The molecule has 0 aliphatic heterocycles. The number of nitrogens with one attached hydrogen (secondary N) is 1. The third-order valence-corrected chi connectivity index (χ3v) is 2.52. The van der Waals surface area contributed by atoms with Crippen LogP contribution in [0.15, 0.2) is 0 Å². The van der Waals surface area contributed by atoms with Gasteiger partial charge in [-0.2, -0.15) is 5.48 Å². The van der Waals surface area contributed by atoms with Gasteiger partial charge in [0.25, 0.3) is 0 Å². The molecule has 0 aromatic carbocycles. The van der Waals surface area contributed by atoms with E-state index in [2.05, 4.69) is 5.48 Å². The predicted molar refractivity (Wildman–Crippen MR) is 57.0 cm³/mol. The molecule has 1 saturated carbocycles. The van der Waals surface area contributed by atoms with E-state index in [4.69, 9.17) is 9.57 Å².